The zero-order chi connectivity index (χ0) is 13.7. The lowest BCUT2D eigenvalue weighted by Gasteiger charge is -2.02. The Labute approximate surface area is 93.9 Å². The molecule has 0 saturated heterocycles. The largest absolute Gasteiger partial charge is 0.370 e. The lowest BCUT2D eigenvalue weighted by Crippen LogP contribution is -2.35. The highest BCUT2D eigenvalue weighted by Crippen LogP contribution is 1.98. The van der Waals surface area contributed by atoms with Gasteiger partial charge in [-0.2, -0.15) is 0 Å². The van der Waals surface area contributed by atoms with E-state index in [9.17, 15) is 0 Å². The van der Waals surface area contributed by atoms with Gasteiger partial charge in [-0.1, -0.05) is 30.3 Å². The number of benzene rings is 1. The van der Waals surface area contributed by atoms with Gasteiger partial charge in [0.05, 0.1) is 9.95 Å². The Morgan fingerprint density at radius 1 is 1.67 bits per heavy atom. The van der Waals surface area contributed by atoms with Crippen LogP contribution in [-0.4, -0.2) is 18.3 Å². The van der Waals surface area contributed by atoms with E-state index in [2.05, 4.69) is 10.3 Å². The third-order valence-electron chi connectivity index (χ3n) is 1.62. The highest BCUT2D eigenvalue weighted by molar-refractivity contribution is 5.96. The summed E-state index contributed by atoms with van der Waals surface area (Å²) in [6.07, 6.45) is 0.441. The van der Waals surface area contributed by atoms with Crippen LogP contribution in [0.15, 0.2) is 35.3 Å². The minimum Gasteiger partial charge on any atom is -0.370 e. The summed E-state index contributed by atoms with van der Waals surface area (Å²) < 4.78 is 22.7. The Morgan fingerprint density at radius 2 is 2.47 bits per heavy atom. The average molecular weight is 207 g/mol. The summed E-state index contributed by atoms with van der Waals surface area (Å²) >= 11 is 0. The first-order valence-corrected chi connectivity index (χ1v) is 4.59. The van der Waals surface area contributed by atoms with Gasteiger partial charge in [-0.3, -0.25) is 10.4 Å². The van der Waals surface area contributed by atoms with Crippen LogP contribution in [0, 0.1) is 5.41 Å². The minimum atomic E-state index is 0.0444. The first kappa shape index (κ1) is 7.45. The Balaban J connectivity index is 2.67. The number of hydrogen-bond donors (Lipinski definition) is 3. The standard InChI is InChI=1S/C11H16N4/c1-9(12)15-11(13)14-8-7-10-5-3-2-4-6-10/h2-6H,7-8H2,1H3,(H4,12,13,14,15)/i3D,4D,5D. The normalized spacial score (nSPS) is 13.9. The van der Waals surface area contributed by atoms with Gasteiger partial charge in [-0.25, -0.2) is 0 Å². The predicted molar refractivity (Wildman–Crippen MR) is 63.2 cm³/mol. The van der Waals surface area contributed by atoms with Gasteiger partial charge in [-0.15, -0.1) is 0 Å². The molecular formula is C11H16N4. The molecule has 4 heteroatoms. The van der Waals surface area contributed by atoms with Gasteiger partial charge in [-0.05, 0) is 18.9 Å². The van der Waals surface area contributed by atoms with Gasteiger partial charge in [0.1, 0.15) is 0 Å². The fourth-order valence-corrected chi connectivity index (χ4v) is 1.01. The molecule has 1 aromatic carbocycles. The van der Waals surface area contributed by atoms with Crippen molar-refractivity contribution in [3.8, 4) is 0 Å². The van der Waals surface area contributed by atoms with Gasteiger partial charge in [0, 0.05) is 6.54 Å². The van der Waals surface area contributed by atoms with Crippen LogP contribution in [0.25, 0.3) is 0 Å². The molecule has 0 atom stereocenters. The van der Waals surface area contributed by atoms with Crippen molar-refractivity contribution in [3.05, 3.63) is 35.8 Å². The van der Waals surface area contributed by atoms with E-state index in [-0.39, 0.29) is 29.9 Å². The van der Waals surface area contributed by atoms with Crippen LogP contribution in [0.2, 0.25) is 0 Å². The number of aliphatic imine (C=N–C) groups is 1. The summed E-state index contributed by atoms with van der Waals surface area (Å²) in [5, 5.41) is 9.72. The van der Waals surface area contributed by atoms with Crippen LogP contribution in [0.1, 0.15) is 16.6 Å². The maximum atomic E-state index is 7.69. The van der Waals surface area contributed by atoms with E-state index >= 15 is 0 Å². The van der Waals surface area contributed by atoms with E-state index in [0.717, 1.165) is 0 Å². The summed E-state index contributed by atoms with van der Waals surface area (Å²) in [4.78, 5) is 4.00. The molecule has 0 unspecified atom stereocenters. The van der Waals surface area contributed by atoms with Gasteiger partial charge in [0.15, 0.2) is 5.96 Å². The van der Waals surface area contributed by atoms with Crippen molar-refractivity contribution in [2.24, 2.45) is 10.7 Å². The maximum absolute atomic E-state index is 7.69. The average Bonchev–Trinajstić information content (AvgIpc) is 2.23. The van der Waals surface area contributed by atoms with Crippen LogP contribution >= 0.6 is 0 Å². The quantitative estimate of drug-likeness (QED) is 0.513. The second kappa shape index (κ2) is 5.80. The molecule has 0 heterocycles. The molecule has 0 bridgehead atoms. The Hall–Kier alpha value is -1.84. The molecule has 1 rings (SSSR count). The molecule has 0 aliphatic carbocycles. The summed E-state index contributed by atoms with van der Waals surface area (Å²) in [5.41, 5.74) is 6.12. The highest BCUT2D eigenvalue weighted by atomic mass is 15.1. The number of amidine groups is 1. The van der Waals surface area contributed by atoms with Crippen LogP contribution < -0.4 is 11.1 Å². The second-order valence-corrected chi connectivity index (χ2v) is 3.02. The molecule has 0 aromatic heterocycles. The molecule has 0 saturated carbocycles. The second-order valence-electron chi connectivity index (χ2n) is 3.02. The molecule has 0 aliphatic heterocycles. The van der Waals surface area contributed by atoms with Crippen molar-refractivity contribution in [2.45, 2.75) is 13.3 Å². The number of nitrogens with zero attached hydrogens (tertiary/aromatic N) is 1. The molecule has 0 spiro atoms. The maximum Gasteiger partial charge on any atom is 0.194 e. The lowest BCUT2D eigenvalue weighted by molar-refractivity contribution is 0.955. The Morgan fingerprint density at radius 3 is 3.20 bits per heavy atom. The van der Waals surface area contributed by atoms with E-state index in [1.807, 2.05) is 0 Å². The van der Waals surface area contributed by atoms with Crippen molar-refractivity contribution in [3.63, 3.8) is 0 Å². The molecule has 0 amide bonds. The zero-order valence-corrected chi connectivity index (χ0v) is 8.59. The van der Waals surface area contributed by atoms with Gasteiger partial charge < -0.3 is 11.1 Å². The SMILES string of the molecule is [2H]c1cc([2H])c([2H])c(CCN=C(N)NC(C)=N)c1. The van der Waals surface area contributed by atoms with E-state index in [4.69, 9.17) is 15.3 Å². The molecule has 4 N–H and O–H groups in total. The first-order chi connectivity index (χ1) is 8.40. The monoisotopic (exact) mass is 207 g/mol. The topological polar surface area (TPSA) is 74.3 Å². The number of guanidine groups is 1. The minimum absolute atomic E-state index is 0.0444. The van der Waals surface area contributed by atoms with Crippen molar-refractivity contribution in [2.75, 3.05) is 6.54 Å². The van der Waals surface area contributed by atoms with Crippen molar-refractivity contribution in [1.82, 2.24) is 5.32 Å². The van der Waals surface area contributed by atoms with E-state index in [1.54, 1.807) is 13.0 Å². The van der Waals surface area contributed by atoms with Gasteiger partial charge >= 0.3 is 0 Å². The molecule has 15 heavy (non-hydrogen) atoms. The smallest absolute Gasteiger partial charge is 0.194 e. The van der Waals surface area contributed by atoms with E-state index < -0.39 is 0 Å². The molecule has 0 radical (unpaired) electrons. The number of nitrogens with one attached hydrogen (secondary N) is 2. The van der Waals surface area contributed by atoms with Crippen LogP contribution in [0.3, 0.4) is 0 Å². The summed E-state index contributed by atoms with van der Waals surface area (Å²) in [5.74, 6) is 0.362. The van der Waals surface area contributed by atoms with Crippen molar-refractivity contribution < 1.29 is 4.11 Å². The van der Waals surface area contributed by atoms with Crippen LogP contribution in [0.4, 0.5) is 0 Å². The van der Waals surface area contributed by atoms with Crippen LogP contribution in [0.5, 0.6) is 0 Å². The van der Waals surface area contributed by atoms with Gasteiger partial charge in [0.25, 0.3) is 0 Å². The number of hydrogen-bond acceptors (Lipinski definition) is 2. The summed E-state index contributed by atoms with van der Waals surface area (Å²) in [7, 11) is 0. The molecule has 0 fully saturated rings. The van der Waals surface area contributed by atoms with Gasteiger partial charge in [0.2, 0.25) is 0 Å². The van der Waals surface area contributed by atoms with E-state index in [0.29, 0.717) is 18.5 Å². The molecule has 0 aliphatic rings. The molecule has 1 aromatic rings. The van der Waals surface area contributed by atoms with Crippen molar-refractivity contribution >= 4 is 11.8 Å². The highest BCUT2D eigenvalue weighted by Gasteiger charge is 1.92. The predicted octanol–water partition coefficient (Wildman–Crippen LogP) is 1.13. The molecule has 4 nitrogen and oxygen atoms in total. The Bertz CT molecular complexity index is 485. The third-order valence-corrected chi connectivity index (χ3v) is 1.62. The zero-order valence-electron chi connectivity index (χ0n) is 11.6. The summed E-state index contributed by atoms with van der Waals surface area (Å²) in [6, 6.07) is 3.28. The third kappa shape index (κ3) is 4.81. The van der Waals surface area contributed by atoms with Crippen molar-refractivity contribution in [1.29, 1.82) is 5.41 Å². The summed E-state index contributed by atoms with van der Waals surface area (Å²) in [6.45, 7) is 1.90. The number of nitrogens with two attached hydrogens (primary N) is 1. The van der Waals surface area contributed by atoms with Crippen LogP contribution in [-0.2, 0) is 6.42 Å². The van der Waals surface area contributed by atoms with E-state index in [1.165, 1.54) is 6.07 Å². The molecule has 80 valence electrons. The first-order valence-electron chi connectivity index (χ1n) is 6.09. The fraction of sp³-hybridized carbons (Fsp3) is 0.273. The molecular weight excluding hydrogens is 188 g/mol. The fourth-order valence-electron chi connectivity index (χ4n) is 1.01. The lowest BCUT2D eigenvalue weighted by atomic mass is 10.2. The number of rotatable bonds is 3. The Kier molecular flexibility index (Phi) is 2.88.